The van der Waals surface area contributed by atoms with E-state index in [-0.39, 0.29) is 11.6 Å². The smallest absolute Gasteiger partial charge is 0.276 e. The number of benzene rings is 2. The van der Waals surface area contributed by atoms with Crippen LogP contribution in [0.15, 0.2) is 79.1 Å². The highest BCUT2D eigenvalue weighted by atomic mass is 16.5. The molecule has 1 N–H and O–H groups in total. The van der Waals surface area contributed by atoms with Gasteiger partial charge in [0.05, 0.1) is 19.9 Å². The first-order chi connectivity index (χ1) is 19.1. The van der Waals surface area contributed by atoms with Crippen molar-refractivity contribution in [3.05, 3.63) is 90.4 Å². The molecule has 0 bridgehead atoms. The van der Waals surface area contributed by atoms with Gasteiger partial charge in [0.1, 0.15) is 11.5 Å². The molecule has 1 amide bonds. The second-order valence-corrected chi connectivity index (χ2v) is 9.22. The molecule has 2 aromatic carbocycles. The third-order valence-electron chi connectivity index (χ3n) is 6.67. The quantitative estimate of drug-likeness (QED) is 0.342. The lowest BCUT2D eigenvalue weighted by atomic mass is 10.0. The number of nitrogens with one attached hydrogen (secondary N) is 1. The second kappa shape index (κ2) is 12.4. The van der Waals surface area contributed by atoms with Crippen molar-refractivity contribution in [3.63, 3.8) is 0 Å². The van der Waals surface area contributed by atoms with Gasteiger partial charge in [0.2, 0.25) is 0 Å². The summed E-state index contributed by atoms with van der Waals surface area (Å²) in [6.45, 7) is 6.88. The summed E-state index contributed by atoms with van der Waals surface area (Å²) in [4.78, 5) is 21.6. The minimum atomic E-state index is -0.301. The molecule has 1 saturated heterocycles. The van der Waals surface area contributed by atoms with Crippen LogP contribution < -0.4 is 19.7 Å². The first-order valence-electron chi connectivity index (χ1n) is 13.1. The molecule has 2 aromatic heterocycles. The van der Waals surface area contributed by atoms with Gasteiger partial charge in [-0.15, -0.1) is 10.2 Å². The molecule has 1 aliphatic heterocycles. The largest absolute Gasteiger partial charge is 0.497 e. The Kier molecular flexibility index (Phi) is 8.28. The zero-order valence-corrected chi connectivity index (χ0v) is 22.2. The number of pyridine rings is 1. The number of rotatable bonds is 9. The van der Waals surface area contributed by atoms with Gasteiger partial charge in [0, 0.05) is 50.2 Å². The van der Waals surface area contributed by atoms with Crippen LogP contribution in [0, 0.1) is 0 Å². The average Bonchev–Trinajstić information content (AvgIpc) is 2.99. The summed E-state index contributed by atoms with van der Waals surface area (Å²) < 4.78 is 10.8. The molecule has 9 heteroatoms. The van der Waals surface area contributed by atoms with E-state index in [0.29, 0.717) is 12.3 Å². The van der Waals surface area contributed by atoms with Gasteiger partial charge in [0.15, 0.2) is 11.5 Å². The van der Waals surface area contributed by atoms with Crippen LogP contribution in [0.4, 0.5) is 11.5 Å². The molecule has 0 spiro atoms. The fraction of sp³-hybridized carbons (Fsp3) is 0.267. The van der Waals surface area contributed by atoms with E-state index in [4.69, 9.17) is 9.47 Å². The molecule has 0 unspecified atom stereocenters. The lowest BCUT2D eigenvalue weighted by molar-refractivity contribution is 0.102. The number of carbonyl (C=O) groups excluding carboxylic acids is 1. The Morgan fingerprint density at radius 1 is 0.923 bits per heavy atom. The molecule has 0 radical (unpaired) electrons. The van der Waals surface area contributed by atoms with Gasteiger partial charge in [-0.25, -0.2) is 0 Å². The van der Waals surface area contributed by atoms with E-state index in [1.807, 2.05) is 25.3 Å². The highest BCUT2D eigenvalue weighted by Gasteiger charge is 2.20. The fourth-order valence-corrected chi connectivity index (χ4v) is 4.61. The van der Waals surface area contributed by atoms with Gasteiger partial charge in [-0.1, -0.05) is 24.3 Å². The van der Waals surface area contributed by atoms with Crippen LogP contribution in [-0.4, -0.2) is 65.9 Å². The van der Waals surface area contributed by atoms with Crippen LogP contribution in [0.2, 0.25) is 0 Å². The van der Waals surface area contributed by atoms with Crippen molar-refractivity contribution >= 4 is 17.4 Å². The van der Waals surface area contributed by atoms with Gasteiger partial charge in [0.25, 0.3) is 5.91 Å². The van der Waals surface area contributed by atoms with Crippen LogP contribution in [0.5, 0.6) is 11.5 Å². The molecule has 5 rings (SSSR count). The number of ether oxygens (including phenoxy) is 2. The van der Waals surface area contributed by atoms with Crippen molar-refractivity contribution in [1.82, 2.24) is 20.1 Å². The van der Waals surface area contributed by atoms with E-state index < -0.39 is 0 Å². The Morgan fingerprint density at radius 2 is 1.72 bits per heavy atom. The Balaban J connectivity index is 1.17. The lowest BCUT2D eigenvalue weighted by Crippen LogP contribution is -2.46. The maximum absolute atomic E-state index is 12.6. The van der Waals surface area contributed by atoms with Gasteiger partial charge in [-0.3, -0.25) is 14.7 Å². The summed E-state index contributed by atoms with van der Waals surface area (Å²) >= 11 is 0. The zero-order chi connectivity index (χ0) is 27.0. The normalized spacial score (nSPS) is 13.6. The number of amides is 1. The Labute approximate surface area is 228 Å². The van der Waals surface area contributed by atoms with Gasteiger partial charge in [-0.05, 0) is 60.5 Å². The number of piperazine rings is 1. The third kappa shape index (κ3) is 6.50. The van der Waals surface area contributed by atoms with E-state index in [1.165, 1.54) is 11.1 Å². The van der Waals surface area contributed by atoms with E-state index in [9.17, 15) is 4.79 Å². The van der Waals surface area contributed by atoms with Crippen molar-refractivity contribution in [2.45, 2.75) is 13.5 Å². The minimum absolute atomic E-state index is 0.271. The van der Waals surface area contributed by atoms with Gasteiger partial charge in [-0.2, -0.15) is 0 Å². The Bertz CT molecular complexity index is 1390. The lowest BCUT2D eigenvalue weighted by Gasteiger charge is -2.35. The Morgan fingerprint density at radius 3 is 2.44 bits per heavy atom. The molecule has 200 valence electrons. The summed E-state index contributed by atoms with van der Waals surface area (Å²) in [5, 5.41) is 11.3. The molecule has 9 nitrogen and oxygen atoms in total. The standard InChI is InChI=1S/C30H32N6O3/c1-3-39-26-18-23(19-31-20-26)27-7-5-4-6-22(27)21-35-14-16-36(17-15-35)29-13-12-28(33-34-29)30(37)32-24-8-10-25(38-2)11-9-24/h4-13,18-20H,3,14-17,21H2,1-2H3,(H,32,37). The molecule has 1 aliphatic rings. The number of anilines is 2. The summed E-state index contributed by atoms with van der Waals surface area (Å²) in [6, 6.07) is 21.2. The predicted molar refractivity (Wildman–Crippen MR) is 151 cm³/mol. The van der Waals surface area contributed by atoms with Crippen LogP contribution in [0.1, 0.15) is 23.0 Å². The van der Waals surface area contributed by atoms with Crippen LogP contribution in [0.25, 0.3) is 11.1 Å². The Hall–Kier alpha value is -4.50. The van der Waals surface area contributed by atoms with E-state index in [1.54, 1.807) is 43.6 Å². The van der Waals surface area contributed by atoms with Crippen LogP contribution in [-0.2, 0) is 6.54 Å². The molecule has 39 heavy (non-hydrogen) atoms. The maximum Gasteiger partial charge on any atom is 0.276 e. The number of methoxy groups -OCH3 is 1. The summed E-state index contributed by atoms with van der Waals surface area (Å²) in [5.74, 6) is 1.98. The molecule has 0 aliphatic carbocycles. The number of nitrogens with zero attached hydrogens (tertiary/aromatic N) is 5. The predicted octanol–water partition coefficient (Wildman–Crippen LogP) is 4.52. The third-order valence-corrected chi connectivity index (χ3v) is 6.67. The van der Waals surface area contributed by atoms with E-state index in [0.717, 1.165) is 55.6 Å². The summed E-state index contributed by atoms with van der Waals surface area (Å²) in [6.07, 6.45) is 3.64. The molecular formula is C30H32N6O3. The van der Waals surface area contributed by atoms with Crippen LogP contribution in [0.3, 0.4) is 0 Å². The maximum atomic E-state index is 12.6. The van der Waals surface area contributed by atoms with Gasteiger partial charge >= 0.3 is 0 Å². The van der Waals surface area contributed by atoms with Crippen molar-refractivity contribution in [3.8, 4) is 22.6 Å². The number of hydrogen-bond acceptors (Lipinski definition) is 8. The average molecular weight is 525 g/mol. The molecule has 1 fully saturated rings. The van der Waals surface area contributed by atoms with Crippen LogP contribution >= 0.6 is 0 Å². The molecular weight excluding hydrogens is 492 g/mol. The molecule has 0 saturated carbocycles. The molecule has 0 atom stereocenters. The highest BCUT2D eigenvalue weighted by Crippen LogP contribution is 2.27. The highest BCUT2D eigenvalue weighted by molar-refractivity contribution is 6.02. The minimum Gasteiger partial charge on any atom is -0.497 e. The molecule has 4 aromatic rings. The monoisotopic (exact) mass is 524 g/mol. The fourth-order valence-electron chi connectivity index (χ4n) is 4.61. The van der Waals surface area contributed by atoms with Crippen molar-refractivity contribution in [2.75, 3.05) is 50.1 Å². The number of aromatic nitrogens is 3. The summed E-state index contributed by atoms with van der Waals surface area (Å²) in [7, 11) is 1.60. The number of hydrogen-bond donors (Lipinski definition) is 1. The summed E-state index contributed by atoms with van der Waals surface area (Å²) in [5.41, 5.74) is 4.42. The first-order valence-corrected chi connectivity index (χ1v) is 13.1. The molecule has 3 heterocycles. The van der Waals surface area contributed by atoms with E-state index in [2.05, 4.69) is 54.6 Å². The SMILES string of the molecule is CCOc1cncc(-c2ccccc2CN2CCN(c3ccc(C(=O)Nc4ccc(OC)cc4)nn3)CC2)c1. The van der Waals surface area contributed by atoms with Crippen molar-refractivity contribution in [1.29, 1.82) is 0 Å². The zero-order valence-electron chi connectivity index (χ0n) is 22.2. The van der Waals surface area contributed by atoms with Crippen molar-refractivity contribution in [2.24, 2.45) is 0 Å². The second-order valence-electron chi connectivity index (χ2n) is 9.22. The first kappa shape index (κ1) is 26.1. The number of carbonyl (C=O) groups is 1. The van der Waals surface area contributed by atoms with E-state index >= 15 is 0 Å². The van der Waals surface area contributed by atoms with Gasteiger partial charge < -0.3 is 19.7 Å². The topological polar surface area (TPSA) is 92.7 Å². The van der Waals surface area contributed by atoms with Crippen molar-refractivity contribution < 1.29 is 14.3 Å².